The van der Waals surface area contributed by atoms with Crippen LogP contribution in [0.4, 0.5) is 34.1 Å². The van der Waals surface area contributed by atoms with Crippen LogP contribution in [0.25, 0.3) is 111 Å². The lowest BCUT2D eigenvalue weighted by Gasteiger charge is -2.45. The summed E-state index contributed by atoms with van der Waals surface area (Å²) in [5.41, 5.74) is 50.5. The summed E-state index contributed by atoms with van der Waals surface area (Å²) < 4.78 is 0. The van der Waals surface area contributed by atoms with Crippen molar-refractivity contribution >= 4 is 34.1 Å². The Morgan fingerprint density at radius 3 is 0.925 bits per heavy atom. The average molecular weight is 1880 g/mol. The van der Waals surface area contributed by atoms with E-state index in [4.69, 9.17) is 4.84 Å². The zero-order valence-corrected chi connectivity index (χ0v) is 84.6. The second-order valence-corrected chi connectivity index (χ2v) is 43.9. The second-order valence-electron chi connectivity index (χ2n) is 43.9. The summed E-state index contributed by atoms with van der Waals surface area (Å²) in [7, 11) is 0. The minimum absolute atomic E-state index is 0.0406. The minimum Gasteiger partial charge on any atom is -0.310 e. The van der Waals surface area contributed by atoms with Crippen LogP contribution in [0.15, 0.2) is 473 Å². The molecule has 6 aliphatic rings. The summed E-state index contributed by atoms with van der Waals surface area (Å²) in [6.45, 7) is 23.6. The Morgan fingerprint density at radius 2 is 0.500 bits per heavy atom. The van der Waals surface area contributed by atoms with Crippen molar-refractivity contribution < 1.29 is 4.84 Å². The fourth-order valence-electron chi connectivity index (χ4n) is 26.6. The Bertz CT molecular complexity index is 8420. The maximum Gasteiger partial charge on any atom is 0.105 e. The van der Waals surface area contributed by atoms with E-state index in [1.165, 1.54) is 178 Å². The van der Waals surface area contributed by atoms with Crippen LogP contribution in [0.3, 0.4) is 0 Å². The van der Waals surface area contributed by atoms with Gasteiger partial charge < -0.3 is 9.80 Å². The predicted octanol–water partition coefficient (Wildman–Crippen LogP) is 37.4. The lowest BCUT2D eigenvalue weighted by molar-refractivity contribution is -0.278. The number of fused-ring (bicyclic) bond motifs is 26. The van der Waals surface area contributed by atoms with Gasteiger partial charge in [0.1, 0.15) is 6.10 Å². The van der Waals surface area contributed by atoms with Crippen molar-refractivity contribution in [2.75, 3.05) is 9.80 Å². The van der Waals surface area contributed by atoms with Crippen LogP contribution in [0.5, 0.6) is 0 Å². The van der Waals surface area contributed by atoms with E-state index >= 15 is 0 Å². The van der Waals surface area contributed by atoms with Gasteiger partial charge in [-0.25, -0.2) is 0 Å². The Hall–Kier alpha value is -16.1. The highest BCUT2D eigenvalue weighted by Gasteiger charge is 2.54. The first kappa shape index (κ1) is 90.0. The molecule has 5 atom stereocenters. The zero-order valence-electron chi connectivity index (χ0n) is 84.6. The molecule has 0 amide bonds. The standard InChI is InChI=1S/C142H117N3O/c1-91(2)137(101-39-18-13-19-40-101)145(138(4,5)6)146-136(100-63-61-95(62-64-100)97-67-73-107(74-68-97)143(106-71-65-96(66-72-106)94-37-16-12-17-38-94)109-75-80-119-112-43-20-27-50-124(112)139(7,8)131(119)88-109)87-105(83-92(3)93-35-14-11-15-36-93)99-59-57-98(58-60-99)103-69-78-121-116-47-25-32-55-129(116)142(133(121)85-103)130-56-33-26-48-117(130)122-79-70-104(86-134(122)142)102-41-34-42-108(84-102)144(110-76-81-120-113-44-21-28-51-125(113)140(9,10)132(120)89-110)111-77-82-123-118-49-24-31-54-128(118)141(135(123)90-111)126-52-29-22-45-114(126)115-46-23-30-53-127(115)141/h11-82,84-86,88-92,105,136-137H,83,87H2,1-10H3. The average Bonchev–Trinajstić information content (AvgIpc) is 1.50. The van der Waals surface area contributed by atoms with Gasteiger partial charge in [0.25, 0.3) is 0 Å². The van der Waals surface area contributed by atoms with Crippen molar-refractivity contribution in [1.82, 2.24) is 5.06 Å². The number of hydrogen-bond acceptors (Lipinski definition) is 4. The Kier molecular flexibility index (Phi) is 21.7. The first-order chi connectivity index (χ1) is 71.3. The zero-order chi connectivity index (χ0) is 98.6. The topological polar surface area (TPSA) is 19.0 Å². The van der Waals surface area contributed by atoms with Crippen molar-refractivity contribution in [3.8, 4) is 111 Å². The van der Waals surface area contributed by atoms with Crippen LogP contribution in [0.2, 0.25) is 0 Å². The van der Waals surface area contributed by atoms with Crippen molar-refractivity contribution in [1.29, 1.82) is 0 Å². The van der Waals surface area contributed by atoms with E-state index in [0.717, 1.165) is 69.2 Å². The quantitative estimate of drug-likeness (QED) is 0.0630. The number of benzene rings is 20. The van der Waals surface area contributed by atoms with E-state index in [1.807, 2.05) is 0 Å². The molecule has 4 heteroatoms. The fraction of sp³-hybridized carbons (Fsp3) is 0.155. The number of hydrogen-bond donors (Lipinski definition) is 0. The van der Waals surface area contributed by atoms with Gasteiger partial charge in [-0.15, -0.1) is 0 Å². The van der Waals surface area contributed by atoms with Crippen LogP contribution < -0.4 is 9.80 Å². The summed E-state index contributed by atoms with van der Waals surface area (Å²) in [5.74, 6) is 0.534. The molecule has 0 N–H and O–H groups in total. The van der Waals surface area contributed by atoms with Gasteiger partial charge in [-0.1, -0.05) is 437 Å². The fourth-order valence-corrected chi connectivity index (χ4v) is 26.6. The molecular weight excluding hydrogens is 1760 g/mol. The van der Waals surface area contributed by atoms with Gasteiger partial charge >= 0.3 is 0 Å². The Morgan fingerprint density at radius 1 is 0.219 bits per heavy atom. The highest BCUT2D eigenvalue weighted by molar-refractivity contribution is 6.00. The summed E-state index contributed by atoms with van der Waals surface area (Å²) in [6.07, 6.45) is 1.29. The summed E-state index contributed by atoms with van der Waals surface area (Å²) in [6, 6.07) is 180. The summed E-state index contributed by atoms with van der Waals surface area (Å²) in [5, 5.41) is 2.35. The molecule has 20 aromatic rings. The van der Waals surface area contributed by atoms with E-state index < -0.39 is 16.4 Å². The molecule has 4 nitrogen and oxygen atoms in total. The van der Waals surface area contributed by atoms with E-state index in [1.54, 1.807) is 0 Å². The van der Waals surface area contributed by atoms with Crippen LogP contribution >= 0.6 is 0 Å². The molecule has 0 saturated heterocycles. The number of anilines is 6. The third kappa shape index (κ3) is 14.4. The molecule has 2 spiro atoms. The van der Waals surface area contributed by atoms with Gasteiger partial charge in [0.2, 0.25) is 0 Å². The molecule has 5 unspecified atom stereocenters. The SMILES string of the molecule is CC(CC(CC(ON(C(c1ccccc1)C(C)C)C(C)(C)C)c1ccc(-c2ccc(N(c3ccc(-c4ccccc4)cc3)c3ccc4c(c3)C(C)(C)c3ccccc3-4)cc2)cc1)c1ccc(-c2ccc3c(c2)C2(c4ccccc4-3)c3ccccc3-c3ccc(-c4cccc(N(c5ccc6c(c5)C(C)(C)c5ccccc5-6)c5ccc6c(c5)C5(c7ccccc7-c7ccccc75)c5ccccc5-6)c4)cc32)cc1)c1ccccc1. The highest BCUT2D eigenvalue weighted by atomic mass is 16.7. The highest BCUT2D eigenvalue weighted by Crippen LogP contribution is 2.67. The first-order valence-electron chi connectivity index (χ1n) is 52.4. The smallest absolute Gasteiger partial charge is 0.105 e. The van der Waals surface area contributed by atoms with E-state index in [0.29, 0.717) is 0 Å². The van der Waals surface area contributed by atoms with Crippen LogP contribution in [-0.2, 0) is 26.5 Å². The molecule has 0 radical (unpaired) electrons. The molecule has 706 valence electrons. The maximum absolute atomic E-state index is 8.02. The Labute approximate surface area is 860 Å². The largest absolute Gasteiger partial charge is 0.310 e. The van der Waals surface area contributed by atoms with Crippen molar-refractivity contribution in [3.63, 3.8) is 0 Å². The van der Waals surface area contributed by atoms with Crippen LogP contribution in [-0.4, -0.2) is 10.6 Å². The molecule has 0 aromatic heterocycles. The molecular formula is C142H117N3O. The molecule has 26 rings (SSSR count). The summed E-state index contributed by atoms with van der Waals surface area (Å²) >= 11 is 0. The van der Waals surface area contributed by atoms with Crippen molar-refractivity contribution in [2.45, 2.75) is 133 Å². The molecule has 0 saturated carbocycles. The van der Waals surface area contributed by atoms with E-state index in [-0.39, 0.29) is 40.7 Å². The lowest BCUT2D eigenvalue weighted by Crippen LogP contribution is -2.46. The van der Waals surface area contributed by atoms with Gasteiger partial charge in [-0.05, 0) is 337 Å². The molecule has 146 heavy (non-hydrogen) atoms. The molecule has 0 heterocycles. The monoisotopic (exact) mass is 1880 g/mol. The molecule has 0 fully saturated rings. The minimum atomic E-state index is -0.640. The number of nitrogens with zero attached hydrogens (tertiary/aromatic N) is 3. The third-order valence-corrected chi connectivity index (χ3v) is 33.5. The van der Waals surface area contributed by atoms with Gasteiger partial charge in [0.15, 0.2) is 0 Å². The Balaban J connectivity index is 0.560. The predicted molar refractivity (Wildman–Crippen MR) is 608 cm³/mol. The van der Waals surface area contributed by atoms with Gasteiger partial charge in [-0.3, -0.25) is 4.84 Å². The molecule has 6 aliphatic carbocycles. The van der Waals surface area contributed by atoms with Crippen molar-refractivity contribution in [2.24, 2.45) is 5.92 Å². The second kappa shape index (κ2) is 35.2. The molecule has 0 aliphatic heterocycles. The van der Waals surface area contributed by atoms with Crippen LogP contribution in [0.1, 0.15) is 195 Å². The normalized spacial score (nSPS) is 15.6. The van der Waals surface area contributed by atoms with Crippen molar-refractivity contribution in [3.05, 3.63) is 562 Å². The maximum atomic E-state index is 8.02. The number of hydroxylamine groups is 2. The molecule has 20 aromatic carbocycles. The van der Waals surface area contributed by atoms with Gasteiger partial charge in [0.05, 0.1) is 16.9 Å². The number of rotatable bonds is 22. The first-order valence-corrected chi connectivity index (χ1v) is 52.4. The molecule has 0 bridgehead atoms. The van der Waals surface area contributed by atoms with Gasteiger partial charge in [-0.2, -0.15) is 5.06 Å². The van der Waals surface area contributed by atoms with Crippen LogP contribution in [0, 0.1) is 5.92 Å². The lowest BCUT2D eigenvalue weighted by atomic mass is 9.70. The summed E-state index contributed by atoms with van der Waals surface area (Å²) in [4.78, 5) is 13.0. The third-order valence-electron chi connectivity index (χ3n) is 33.5. The van der Waals surface area contributed by atoms with E-state index in [9.17, 15) is 0 Å². The van der Waals surface area contributed by atoms with E-state index in [2.05, 4.69) is 557 Å². The van der Waals surface area contributed by atoms with Gasteiger partial charge in [0, 0.05) is 50.5 Å².